The molecule has 4 aromatic rings. The number of nitrogens with one attached hydrogen (secondary N) is 3. The predicted molar refractivity (Wildman–Crippen MR) is 169 cm³/mol. The van der Waals surface area contributed by atoms with Crippen LogP contribution in [0.25, 0.3) is 11.0 Å². The number of amidine groups is 1. The Bertz CT molecular complexity index is 1720. The molecule has 14 heteroatoms. The Kier molecular flexibility index (Phi) is 11.0. The first-order chi connectivity index (χ1) is 22.0. The molecule has 2 heterocycles. The lowest BCUT2D eigenvalue weighted by Gasteiger charge is -2.21. The molecule has 14 nitrogen and oxygen atoms in total. The normalized spacial score (nSPS) is 11.3. The molecule has 1 unspecified atom stereocenters. The zero-order valence-corrected chi connectivity index (χ0v) is 25.9. The quantitative estimate of drug-likeness (QED) is 0.0893. The fraction of sp³-hybridized carbons (Fsp3) is 0.281. The van der Waals surface area contributed by atoms with Crippen molar-refractivity contribution in [3.8, 4) is 0 Å². The van der Waals surface area contributed by atoms with Gasteiger partial charge in [0.1, 0.15) is 17.5 Å². The van der Waals surface area contributed by atoms with Gasteiger partial charge in [-0.15, -0.1) is 0 Å². The summed E-state index contributed by atoms with van der Waals surface area (Å²) in [6.45, 7) is 5.05. The van der Waals surface area contributed by atoms with Crippen molar-refractivity contribution >= 4 is 52.3 Å². The highest BCUT2D eigenvalue weighted by molar-refractivity contribution is 6.07. The van der Waals surface area contributed by atoms with Gasteiger partial charge in [-0.1, -0.05) is 6.07 Å². The number of esters is 2. The zero-order chi connectivity index (χ0) is 33.2. The maximum absolute atomic E-state index is 13.6. The summed E-state index contributed by atoms with van der Waals surface area (Å²) in [4.78, 5) is 59.0. The molecule has 0 aliphatic heterocycles. The molecule has 2 aromatic carbocycles. The van der Waals surface area contributed by atoms with Crippen molar-refractivity contribution in [2.45, 2.75) is 40.0 Å². The van der Waals surface area contributed by atoms with Crippen molar-refractivity contribution in [1.29, 1.82) is 5.41 Å². The van der Waals surface area contributed by atoms with E-state index in [-0.39, 0.29) is 31.3 Å². The van der Waals surface area contributed by atoms with Crippen molar-refractivity contribution < 1.29 is 33.4 Å². The van der Waals surface area contributed by atoms with Crippen molar-refractivity contribution in [2.75, 3.05) is 23.4 Å². The molecule has 0 spiro atoms. The predicted octanol–water partition coefficient (Wildman–Crippen LogP) is 4.14. The third kappa shape index (κ3) is 8.65. The maximum Gasteiger partial charge on any atom is 0.415 e. The molecule has 1 atom stereocenters. The van der Waals surface area contributed by atoms with Crippen LogP contribution in [0.3, 0.4) is 0 Å². The molecule has 0 fully saturated rings. The molecule has 2 aromatic heterocycles. The van der Waals surface area contributed by atoms with Gasteiger partial charge < -0.3 is 24.1 Å². The minimum Gasteiger partial charge on any atom is -0.466 e. The largest absolute Gasteiger partial charge is 0.466 e. The summed E-state index contributed by atoms with van der Waals surface area (Å²) in [6.07, 6.45) is -0.396. The second-order valence-electron chi connectivity index (χ2n) is 10.0. The second kappa shape index (κ2) is 15.3. The summed E-state index contributed by atoms with van der Waals surface area (Å²) in [5.74, 6) is -0.354. The molecular formula is C32H35N7O7. The smallest absolute Gasteiger partial charge is 0.415 e. The molecule has 0 radical (unpaired) electrons. The first-order valence-corrected chi connectivity index (χ1v) is 14.5. The van der Waals surface area contributed by atoms with Crippen LogP contribution in [0, 0.1) is 5.41 Å². The van der Waals surface area contributed by atoms with Crippen LogP contribution in [0.2, 0.25) is 0 Å². The number of rotatable bonds is 12. The summed E-state index contributed by atoms with van der Waals surface area (Å²) in [5, 5.41) is 13.7. The molecule has 0 saturated heterocycles. The number of pyridine rings is 1. The van der Waals surface area contributed by atoms with E-state index >= 15 is 0 Å². The van der Waals surface area contributed by atoms with Crippen LogP contribution in [-0.2, 0) is 37.4 Å². The number of carbonyl (C=O) groups excluding carboxylic acids is 4. The van der Waals surface area contributed by atoms with Crippen LogP contribution in [0.4, 0.5) is 16.3 Å². The number of amides is 2. The summed E-state index contributed by atoms with van der Waals surface area (Å²) < 4.78 is 16.6. The molecular weight excluding hydrogens is 594 g/mol. The number of alkyl carbamates (subject to hydrolysis) is 1. The van der Waals surface area contributed by atoms with Crippen LogP contribution in [0.5, 0.6) is 0 Å². The second-order valence-corrected chi connectivity index (χ2v) is 10.0. The summed E-state index contributed by atoms with van der Waals surface area (Å²) >= 11 is 0. The topological polar surface area (TPSA) is 178 Å². The Hall–Kier alpha value is -5.79. The van der Waals surface area contributed by atoms with Gasteiger partial charge in [0.15, 0.2) is 0 Å². The molecule has 4 rings (SSSR count). The van der Waals surface area contributed by atoms with E-state index in [9.17, 15) is 19.2 Å². The third-order valence-corrected chi connectivity index (χ3v) is 6.69. The van der Waals surface area contributed by atoms with Gasteiger partial charge in [-0.05, 0) is 61.5 Å². The zero-order valence-electron chi connectivity index (χ0n) is 25.9. The van der Waals surface area contributed by atoms with Gasteiger partial charge in [-0.25, -0.2) is 14.8 Å². The Morgan fingerprint density at radius 3 is 2.43 bits per heavy atom. The van der Waals surface area contributed by atoms with Crippen LogP contribution < -0.4 is 15.5 Å². The van der Waals surface area contributed by atoms with E-state index in [0.717, 1.165) is 11.2 Å². The molecule has 0 aliphatic rings. The average Bonchev–Trinajstić information content (AvgIpc) is 3.34. The van der Waals surface area contributed by atoms with Crippen LogP contribution >= 0.6 is 0 Å². The summed E-state index contributed by atoms with van der Waals surface area (Å²) in [6, 6.07) is 17.3. The molecule has 240 valence electrons. The molecule has 2 amide bonds. The summed E-state index contributed by atoms with van der Waals surface area (Å²) in [5.41, 5.74) is 3.04. The number of hydrogen-bond acceptors (Lipinski definition) is 11. The minimum absolute atomic E-state index is 0.0277. The Labute approximate surface area is 265 Å². The fourth-order valence-electron chi connectivity index (χ4n) is 4.51. The number of anilines is 2. The van der Waals surface area contributed by atoms with Crippen molar-refractivity contribution in [2.24, 2.45) is 7.05 Å². The van der Waals surface area contributed by atoms with Crippen molar-refractivity contribution in [3.05, 3.63) is 83.8 Å². The highest BCUT2D eigenvalue weighted by Gasteiger charge is 2.21. The maximum atomic E-state index is 13.6. The number of aromatic nitrogens is 3. The van der Waals surface area contributed by atoms with Crippen LogP contribution in [0.15, 0.2) is 66.9 Å². The lowest BCUT2D eigenvalue weighted by molar-refractivity contribution is -0.161. The Morgan fingerprint density at radius 1 is 1.02 bits per heavy atom. The van der Waals surface area contributed by atoms with Crippen LogP contribution in [0.1, 0.15) is 48.9 Å². The van der Waals surface area contributed by atoms with Gasteiger partial charge in [-0.2, -0.15) is 0 Å². The standard InChI is InChI=1S/C32H35N7O7/c1-5-44-29(41)15-17-39(27-8-6-7-16-34-27)31(42)23-11-14-26-25(18-23)36-28(38(26)4)19-35-24-12-9-22(10-13-24)30(33)37-32(43)46-21(3)45-20(2)40/h6-14,16,18,21,35H,5,15,17,19H2,1-4H3,(H2,33,37,43). The third-order valence-electron chi connectivity index (χ3n) is 6.69. The lowest BCUT2D eigenvalue weighted by Crippen LogP contribution is -2.34. The van der Waals surface area contributed by atoms with Gasteiger partial charge in [-0.3, -0.25) is 30.0 Å². The number of nitrogens with zero attached hydrogens (tertiary/aromatic N) is 4. The number of carbonyl (C=O) groups is 4. The van der Waals surface area contributed by atoms with E-state index in [4.69, 9.17) is 24.6 Å². The minimum atomic E-state index is -1.09. The van der Waals surface area contributed by atoms with Gasteiger partial charge >= 0.3 is 18.0 Å². The number of aryl methyl sites for hydroxylation is 1. The van der Waals surface area contributed by atoms with E-state index in [1.807, 2.05) is 17.7 Å². The molecule has 46 heavy (non-hydrogen) atoms. The highest BCUT2D eigenvalue weighted by Crippen LogP contribution is 2.21. The van der Waals surface area contributed by atoms with E-state index in [1.54, 1.807) is 67.7 Å². The number of hydrogen-bond donors (Lipinski definition) is 3. The number of ether oxygens (including phenoxy) is 3. The van der Waals surface area contributed by atoms with Gasteiger partial charge in [0.25, 0.3) is 5.91 Å². The SMILES string of the molecule is CCOC(=O)CCN(C(=O)c1ccc2c(c1)nc(CNc1ccc(C(=N)NC(=O)OC(C)OC(C)=O)cc1)n2C)c1ccccn1. The number of benzene rings is 2. The molecule has 3 N–H and O–H groups in total. The van der Waals surface area contributed by atoms with E-state index < -0.39 is 24.3 Å². The van der Waals surface area contributed by atoms with Gasteiger partial charge in [0.05, 0.1) is 30.6 Å². The van der Waals surface area contributed by atoms with Gasteiger partial charge in [0, 0.05) is 50.5 Å². The average molecular weight is 630 g/mol. The highest BCUT2D eigenvalue weighted by atomic mass is 16.7. The monoisotopic (exact) mass is 629 g/mol. The first kappa shape index (κ1) is 33.1. The fourth-order valence-corrected chi connectivity index (χ4v) is 4.51. The number of imidazole rings is 1. The van der Waals surface area contributed by atoms with E-state index in [2.05, 4.69) is 15.6 Å². The lowest BCUT2D eigenvalue weighted by atomic mass is 10.1. The van der Waals surface area contributed by atoms with Crippen molar-refractivity contribution in [1.82, 2.24) is 19.9 Å². The van der Waals surface area contributed by atoms with Gasteiger partial charge in [0.2, 0.25) is 6.29 Å². The molecule has 0 aliphatic carbocycles. The Morgan fingerprint density at radius 2 is 1.76 bits per heavy atom. The Balaban J connectivity index is 1.41. The molecule has 0 bridgehead atoms. The summed E-state index contributed by atoms with van der Waals surface area (Å²) in [7, 11) is 1.88. The van der Waals surface area contributed by atoms with Crippen molar-refractivity contribution in [3.63, 3.8) is 0 Å². The molecule has 0 saturated carbocycles. The van der Waals surface area contributed by atoms with E-state index in [0.29, 0.717) is 34.8 Å². The number of fused-ring (bicyclic) bond motifs is 1. The van der Waals surface area contributed by atoms with E-state index in [1.165, 1.54) is 18.7 Å². The van der Waals surface area contributed by atoms with Crippen LogP contribution in [-0.4, -0.2) is 63.8 Å². The first-order valence-electron chi connectivity index (χ1n) is 14.5.